The Balaban J connectivity index is 2.18. The number of rotatable bonds is 2. The molecule has 1 heterocycles. The van der Waals surface area contributed by atoms with Crippen LogP contribution >= 0.6 is 27.5 Å². The topological polar surface area (TPSA) is 33.1 Å². The normalized spacial score (nSPS) is 12.6. The molecule has 3 aromatic rings. The van der Waals surface area contributed by atoms with E-state index in [1.807, 2.05) is 42.5 Å². The molecule has 0 aliphatic carbocycles. The first-order chi connectivity index (χ1) is 9.68. The van der Waals surface area contributed by atoms with Crippen LogP contribution in [0, 0.1) is 0 Å². The Kier molecular flexibility index (Phi) is 3.74. The van der Waals surface area contributed by atoms with Gasteiger partial charge in [-0.2, -0.15) is 0 Å². The van der Waals surface area contributed by atoms with Crippen LogP contribution in [0.4, 0.5) is 0 Å². The number of aliphatic hydroxyl groups is 1. The molecule has 0 aliphatic rings. The van der Waals surface area contributed by atoms with Gasteiger partial charge in [-0.25, -0.2) is 0 Å². The van der Waals surface area contributed by atoms with Crippen LogP contribution in [0.25, 0.3) is 10.8 Å². The van der Waals surface area contributed by atoms with Gasteiger partial charge in [0.15, 0.2) is 0 Å². The zero-order valence-electron chi connectivity index (χ0n) is 10.4. The summed E-state index contributed by atoms with van der Waals surface area (Å²) < 4.78 is 0.772. The standard InChI is InChI=1S/C16H11BrClNO/c17-14-6-2-5-12(15(14)18)16(20)11-4-1-3-10-7-8-19-9-13(10)11/h1-9,16,20H. The molecule has 0 aliphatic heterocycles. The number of halogens is 2. The molecule has 0 bridgehead atoms. The van der Waals surface area contributed by atoms with Gasteiger partial charge in [0.2, 0.25) is 0 Å². The second-order valence-electron chi connectivity index (χ2n) is 4.49. The average Bonchev–Trinajstić information content (AvgIpc) is 2.49. The summed E-state index contributed by atoms with van der Waals surface area (Å²) in [7, 11) is 0. The molecule has 1 unspecified atom stereocenters. The molecule has 0 amide bonds. The number of nitrogens with zero attached hydrogens (tertiary/aromatic N) is 1. The van der Waals surface area contributed by atoms with Crippen molar-refractivity contribution in [1.82, 2.24) is 4.98 Å². The van der Waals surface area contributed by atoms with Crippen LogP contribution in [0.5, 0.6) is 0 Å². The van der Waals surface area contributed by atoms with Crippen LogP contribution in [0.3, 0.4) is 0 Å². The molecule has 0 radical (unpaired) electrons. The van der Waals surface area contributed by atoms with Crippen LogP contribution < -0.4 is 0 Å². The summed E-state index contributed by atoms with van der Waals surface area (Å²) in [6.45, 7) is 0. The fourth-order valence-corrected chi connectivity index (χ4v) is 2.89. The van der Waals surface area contributed by atoms with Gasteiger partial charge in [-0.15, -0.1) is 0 Å². The minimum Gasteiger partial charge on any atom is -0.384 e. The third kappa shape index (κ3) is 2.33. The van der Waals surface area contributed by atoms with Gasteiger partial charge in [-0.3, -0.25) is 4.98 Å². The van der Waals surface area contributed by atoms with Crippen molar-refractivity contribution in [2.45, 2.75) is 6.10 Å². The molecule has 20 heavy (non-hydrogen) atoms. The summed E-state index contributed by atoms with van der Waals surface area (Å²) in [4.78, 5) is 4.14. The fraction of sp³-hybridized carbons (Fsp3) is 0.0625. The van der Waals surface area contributed by atoms with Crippen LogP contribution in [0.2, 0.25) is 5.02 Å². The number of hydrogen-bond donors (Lipinski definition) is 1. The Morgan fingerprint density at radius 3 is 2.65 bits per heavy atom. The molecular formula is C16H11BrClNO. The van der Waals surface area contributed by atoms with Gasteiger partial charge < -0.3 is 5.11 Å². The minimum absolute atomic E-state index is 0.529. The molecule has 1 atom stereocenters. The molecule has 4 heteroatoms. The van der Waals surface area contributed by atoms with E-state index >= 15 is 0 Å². The second-order valence-corrected chi connectivity index (χ2v) is 5.72. The Hall–Kier alpha value is -1.42. The van der Waals surface area contributed by atoms with Crippen LogP contribution in [0.1, 0.15) is 17.2 Å². The van der Waals surface area contributed by atoms with E-state index in [2.05, 4.69) is 20.9 Å². The number of fused-ring (bicyclic) bond motifs is 1. The lowest BCUT2D eigenvalue weighted by molar-refractivity contribution is 0.222. The molecule has 0 fully saturated rings. The Bertz CT molecular complexity index is 770. The predicted molar refractivity (Wildman–Crippen MR) is 85.0 cm³/mol. The third-order valence-corrected chi connectivity index (χ3v) is 4.60. The summed E-state index contributed by atoms with van der Waals surface area (Å²) in [6, 6.07) is 13.3. The number of aromatic nitrogens is 1. The van der Waals surface area contributed by atoms with E-state index in [1.54, 1.807) is 12.4 Å². The van der Waals surface area contributed by atoms with E-state index in [4.69, 9.17) is 11.6 Å². The maximum Gasteiger partial charge on any atom is 0.106 e. The second kappa shape index (κ2) is 5.52. The number of aliphatic hydroxyl groups excluding tert-OH is 1. The van der Waals surface area contributed by atoms with Crippen molar-refractivity contribution >= 4 is 38.3 Å². The molecule has 0 spiro atoms. The third-order valence-electron chi connectivity index (χ3n) is 3.29. The van der Waals surface area contributed by atoms with E-state index in [0.29, 0.717) is 10.6 Å². The average molecular weight is 349 g/mol. The molecule has 2 nitrogen and oxygen atoms in total. The van der Waals surface area contributed by atoms with Crippen molar-refractivity contribution in [3.63, 3.8) is 0 Å². The largest absolute Gasteiger partial charge is 0.384 e. The van der Waals surface area contributed by atoms with Crippen molar-refractivity contribution in [1.29, 1.82) is 0 Å². The maximum atomic E-state index is 10.7. The first-order valence-corrected chi connectivity index (χ1v) is 7.30. The molecule has 0 saturated carbocycles. The summed E-state index contributed by atoms with van der Waals surface area (Å²) in [5, 5.41) is 13.2. The van der Waals surface area contributed by atoms with Gasteiger partial charge in [0.25, 0.3) is 0 Å². The summed E-state index contributed by atoms with van der Waals surface area (Å²) in [6.07, 6.45) is 2.72. The van der Waals surface area contributed by atoms with Crippen molar-refractivity contribution in [3.8, 4) is 0 Å². The van der Waals surface area contributed by atoms with Gasteiger partial charge in [0, 0.05) is 27.8 Å². The lowest BCUT2D eigenvalue weighted by Gasteiger charge is -2.16. The highest BCUT2D eigenvalue weighted by Crippen LogP contribution is 2.35. The first-order valence-electron chi connectivity index (χ1n) is 6.13. The SMILES string of the molecule is OC(c1cccc(Br)c1Cl)c1cccc2ccncc12. The van der Waals surface area contributed by atoms with E-state index < -0.39 is 6.10 Å². The van der Waals surface area contributed by atoms with Crippen LogP contribution in [-0.4, -0.2) is 10.1 Å². The predicted octanol–water partition coefficient (Wildman–Crippen LogP) is 4.73. The van der Waals surface area contributed by atoms with Gasteiger partial charge >= 0.3 is 0 Å². The molecule has 0 saturated heterocycles. The zero-order valence-corrected chi connectivity index (χ0v) is 12.8. The summed E-state index contributed by atoms with van der Waals surface area (Å²) in [5.41, 5.74) is 1.48. The lowest BCUT2D eigenvalue weighted by Crippen LogP contribution is -2.02. The van der Waals surface area contributed by atoms with Gasteiger partial charge in [0.1, 0.15) is 6.10 Å². The summed E-state index contributed by atoms with van der Waals surface area (Å²) >= 11 is 9.65. The van der Waals surface area contributed by atoms with Gasteiger partial charge in [-0.1, -0.05) is 41.9 Å². The van der Waals surface area contributed by atoms with Crippen LogP contribution in [-0.2, 0) is 0 Å². The number of pyridine rings is 1. The van der Waals surface area contributed by atoms with Gasteiger partial charge in [0.05, 0.1) is 5.02 Å². The quantitative estimate of drug-likeness (QED) is 0.726. The Labute approximate surface area is 130 Å². The molecular weight excluding hydrogens is 338 g/mol. The van der Waals surface area contributed by atoms with E-state index in [-0.39, 0.29) is 0 Å². The van der Waals surface area contributed by atoms with Crippen molar-refractivity contribution < 1.29 is 5.11 Å². The highest BCUT2D eigenvalue weighted by Gasteiger charge is 2.17. The summed E-state index contributed by atoms with van der Waals surface area (Å²) in [5.74, 6) is 0. The molecule has 2 aromatic carbocycles. The molecule has 1 aromatic heterocycles. The van der Waals surface area contributed by atoms with Crippen LogP contribution in [0.15, 0.2) is 59.3 Å². The van der Waals surface area contributed by atoms with Crippen molar-refractivity contribution in [2.24, 2.45) is 0 Å². The van der Waals surface area contributed by atoms with E-state index in [1.165, 1.54) is 0 Å². The smallest absolute Gasteiger partial charge is 0.106 e. The van der Waals surface area contributed by atoms with Gasteiger partial charge in [-0.05, 0) is 39.0 Å². The van der Waals surface area contributed by atoms with E-state index in [0.717, 1.165) is 20.8 Å². The number of hydrogen-bond acceptors (Lipinski definition) is 2. The minimum atomic E-state index is -0.784. The maximum absolute atomic E-state index is 10.7. The first kappa shape index (κ1) is 13.6. The monoisotopic (exact) mass is 347 g/mol. The van der Waals surface area contributed by atoms with Crippen molar-refractivity contribution in [2.75, 3.05) is 0 Å². The zero-order chi connectivity index (χ0) is 14.1. The Morgan fingerprint density at radius 2 is 1.80 bits per heavy atom. The lowest BCUT2D eigenvalue weighted by atomic mass is 9.97. The highest BCUT2D eigenvalue weighted by atomic mass is 79.9. The molecule has 3 rings (SSSR count). The fourth-order valence-electron chi connectivity index (χ4n) is 2.27. The highest BCUT2D eigenvalue weighted by molar-refractivity contribution is 9.10. The number of benzene rings is 2. The Morgan fingerprint density at radius 1 is 1.05 bits per heavy atom. The molecule has 1 N–H and O–H groups in total. The van der Waals surface area contributed by atoms with Crippen molar-refractivity contribution in [3.05, 3.63) is 75.5 Å². The van der Waals surface area contributed by atoms with E-state index in [9.17, 15) is 5.11 Å². The molecule has 100 valence electrons.